The summed E-state index contributed by atoms with van der Waals surface area (Å²) in [4.78, 5) is 15.7. The lowest BCUT2D eigenvalue weighted by atomic mass is 9.98. The number of hydrogen-bond donors (Lipinski definition) is 2. The highest BCUT2D eigenvalue weighted by Gasteiger charge is 2.13. The van der Waals surface area contributed by atoms with E-state index in [2.05, 4.69) is 10.3 Å². The van der Waals surface area contributed by atoms with Gasteiger partial charge in [-0.2, -0.15) is 0 Å². The Balaban J connectivity index is 1.66. The van der Waals surface area contributed by atoms with Gasteiger partial charge in [0.1, 0.15) is 5.82 Å². The van der Waals surface area contributed by atoms with Crippen molar-refractivity contribution in [2.75, 3.05) is 18.9 Å². The molecule has 0 unspecified atom stereocenters. The molecule has 0 bridgehead atoms. The van der Waals surface area contributed by atoms with E-state index in [9.17, 15) is 4.79 Å². The maximum atomic E-state index is 11.8. The third kappa shape index (κ3) is 4.52. The highest BCUT2D eigenvalue weighted by molar-refractivity contribution is 5.94. The van der Waals surface area contributed by atoms with Gasteiger partial charge in [0.15, 0.2) is 0 Å². The van der Waals surface area contributed by atoms with Crippen molar-refractivity contribution < 1.29 is 9.53 Å². The molecule has 5 heteroatoms. The Labute approximate surface area is 113 Å². The number of pyridine rings is 1. The standard InChI is InChI=1S/C14H21N3O2/c15-13-10-11(6-7-16-13)14(18)17-8-9-19-12-4-2-1-3-5-12/h6-7,10,12H,1-5,8-9H2,(H2,15,16)(H,17,18). The summed E-state index contributed by atoms with van der Waals surface area (Å²) in [5, 5.41) is 2.82. The largest absolute Gasteiger partial charge is 0.384 e. The minimum Gasteiger partial charge on any atom is -0.384 e. The van der Waals surface area contributed by atoms with Crippen LogP contribution in [0.25, 0.3) is 0 Å². The van der Waals surface area contributed by atoms with Gasteiger partial charge in [0.2, 0.25) is 0 Å². The van der Waals surface area contributed by atoms with Crippen molar-refractivity contribution in [3.63, 3.8) is 0 Å². The number of nitrogens with one attached hydrogen (secondary N) is 1. The summed E-state index contributed by atoms with van der Waals surface area (Å²) in [5.41, 5.74) is 6.07. The van der Waals surface area contributed by atoms with Crippen LogP contribution in [-0.2, 0) is 4.74 Å². The van der Waals surface area contributed by atoms with Gasteiger partial charge in [0, 0.05) is 18.3 Å². The van der Waals surface area contributed by atoms with Crippen LogP contribution in [0.2, 0.25) is 0 Å². The second-order valence-corrected chi connectivity index (χ2v) is 4.86. The highest BCUT2D eigenvalue weighted by atomic mass is 16.5. The van der Waals surface area contributed by atoms with Crippen molar-refractivity contribution in [3.8, 4) is 0 Å². The topological polar surface area (TPSA) is 77.2 Å². The molecule has 0 saturated heterocycles. The predicted molar refractivity (Wildman–Crippen MR) is 73.8 cm³/mol. The number of carbonyl (C=O) groups is 1. The fourth-order valence-electron chi connectivity index (χ4n) is 2.31. The third-order valence-electron chi connectivity index (χ3n) is 3.34. The summed E-state index contributed by atoms with van der Waals surface area (Å²) >= 11 is 0. The monoisotopic (exact) mass is 263 g/mol. The van der Waals surface area contributed by atoms with Crippen molar-refractivity contribution in [2.24, 2.45) is 0 Å². The Bertz CT molecular complexity index is 417. The van der Waals surface area contributed by atoms with E-state index in [-0.39, 0.29) is 5.91 Å². The molecule has 19 heavy (non-hydrogen) atoms. The predicted octanol–water partition coefficient (Wildman–Crippen LogP) is 1.74. The zero-order chi connectivity index (χ0) is 13.5. The van der Waals surface area contributed by atoms with Crippen LogP contribution in [0.1, 0.15) is 42.5 Å². The van der Waals surface area contributed by atoms with Crippen molar-refractivity contribution >= 4 is 11.7 Å². The molecule has 5 nitrogen and oxygen atoms in total. The fourth-order valence-corrected chi connectivity index (χ4v) is 2.31. The lowest BCUT2D eigenvalue weighted by molar-refractivity contribution is 0.0299. The molecule has 0 atom stereocenters. The molecular weight excluding hydrogens is 242 g/mol. The van der Waals surface area contributed by atoms with E-state index in [1.54, 1.807) is 12.1 Å². The van der Waals surface area contributed by atoms with Gasteiger partial charge in [-0.15, -0.1) is 0 Å². The molecule has 2 rings (SSSR count). The number of nitrogens with two attached hydrogens (primary N) is 1. The van der Waals surface area contributed by atoms with Crippen molar-refractivity contribution in [1.29, 1.82) is 0 Å². The summed E-state index contributed by atoms with van der Waals surface area (Å²) < 4.78 is 5.74. The van der Waals surface area contributed by atoms with Gasteiger partial charge in [-0.25, -0.2) is 4.98 Å². The van der Waals surface area contributed by atoms with Gasteiger partial charge in [0.25, 0.3) is 5.91 Å². The third-order valence-corrected chi connectivity index (χ3v) is 3.34. The van der Waals surface area contributed by atoms with Crippen LogP contribution in [0, 0.1) is 0 Å². The summed E-state index contributed by atoms with van der Waals surface area (Å²) in [6, 6.07) is 3.21. The normalized spacial score (nSPS) is 16.2. The van der Waals surface area contributed by atoms with E-state index in [0.29, 0.717) is 30.6 Å². The number of rotatable bonds is 5. The molecule has 0 radical (unpaired) electrons. The highest BCUT2D eigenvalue weighted by Crippen LogP contribution is 2.19. The molecule has 1 aliphatic carbocycles. The maximum Gasteiger partial charge on any atom is 0.251 e. The number of nitrogen functional groups attached to an aromatic ring is 1. The molecule has 1 aromatic heterocycles. The first kappa shape index (κ1) is 13.8. The van der Waals surface area contributed by atoms with Gasteiger partial charge in [0.05, 0.1) is 12.7 Å². The average Bonchev–Trinajstić information content (AvgIpc) is 2.44. The van der Waals surface area contributed by atoms with Crippen LogP contribution in [-0.4, -0.2) is 30.1 Å². The number of hydrogen-bond acceptors (Lipinski definition) is 4. The lowest BCUT2D eigenvalue weighted by Crippen LogP contribution is -2.29. The van der Waals surface area contributed by atoms with E-state index in [0.717, 1.165) is 12.8 Å². The molecule has 0 aliphatic heterocycles. The Hall–Kier alpha value is -1.62. The molecule has 1 fully saturated rings. The van der Waals surface area contributed by atoms with Crippen LogP contribution in [0.4, 0.5) is 5.82 Å². The molecule has 1 saturated carbocycles. The van der Waals surface area contributed by atoms with E-state index in [1.807, 2.05) is 0 Å². The zero-order valence-corrected chi connectivity index (χ0v) is 11.1. The molecule has 1 aromatic rings. The van der Waals surface area contributed by atoms with Gasteiger partial charge in [-0.05, 0) is 25.0 Å². The molecular formula is C14H21N3O2. The van der Waals surface area contributed by atoms with Crippen LogP contribution in [0.5, 0.6) is 0 Å². The first-order valence-corrected chi connectivity index (χ1v) is 6.87. The average molecular weight is 263 g/mol. The molecule has 1 amide bonds. The quantitative estimate of drug-likeness (QED) is 0.793. The second-order valence-electron chi connectivity index (χ2n) is 4.86. The number of nitrogens with zero attached hydrogens (tertiary/aromatic N) is 1. The van der Waals surface area contributed by atoms with E-state index in [1.165, 1.54) is 25.5 Å². The van der Waals surface area contributed by atoms with Gasteiger partial charge in [-0.3, -0.25) is 4.79 Å². The number of aromatic nitrogens is 1. The van der Waals surface area contributed by atoms with Crippen LogP contribution < -0.4 is 11.1 Å². The second kappa shape index (κ2) is 7.09. The Morgan fingerprint density at radius 3 is 2.95 bits per heavy atom. The molecule has 1 aliphatic rings. The Morgan fingerprint density at radius 1 is 1.42 bits per heavy atom. The number of anilines is 1. The molecule has 0 spiro atoms. The van der Waals surface area contributed by atoms with Crippen molar-refractivity contribution in [2.45, 2.75) is 38.2 Å². The molecule has 3 N–H and O–H groups in total. The Morgan fingerprint density at radius 2 is 2.21 bits per heavy atom. The summed E-state index contributed by atoms with van der Waals surface area (Å²) in [6.07, 6.45) is 8.04. The minimum atomic E-state index is -0.138. The molecule has 1 heterocycles. The summed E-state index contributed by atoms with van der Waals surface area (Å²) in [7, 11) is 0. The number of amides is 1. The molecule has 0 aromatic carbocycles. The first-order valence-electron chi connectivity index (χ1n) is 6.87. The molecule has 104 valence electrons. The van der Waals surface area contributed by atoms with Gasteiger partial charge in [-0.1, -0.05) is 19.3 Å². The summed E-state index contributed by atoms with van der Waals surface area (Å²) in [5.74, 6) is 0.215. The van der Waals surface area contributed by atoms with Gasteiger partial charge >= 0.3 is 0 Å². The Kier molecular flexibility index (Phi) is 5.15. The first-order chi connectivity index (χ1) is 9.25. The van der Waals surface area contributed by atoms with Crippen molar-refractivity contribution in [1.82, 2.24) is 10.3 Å². The summed E-state index contributed by atoms with van der Waals surface area (Å²) in [6.45, 7) is 1.09. The van der Waals surface area contributed by atoms with Crippen LogP contribution >= 0.6 is 0 Å². The minimum absolute atomic E-state index is 0.138. The SMILES string of the molecule is Nc1cc(C(=O)NCCOC2CCCCC2)ccn1. The van der Waals surface area contributed by atoms with Crippen LogP contribution in [0.3, 0.4) is 0 Å². The van der Waals surface area contributed by atoms with E-state index in [4.69, 9.17) is 10.5 Å². The number of ether oxygens (including phenoxy) is 1. The fraction of sp³-hybridized carbons (Fsp3) is 0.571. The van der Waals surface area contributed by atoms with E-state index < -0.39 is 0 Å². The zero-order valence-electron chi connectivity index (χ0n) is 11.1. The van der Waals surface area contributed by atoms with Gasteiger partial charge < -0.3 is 15.8 Å². The number of carbonyl (C=O) groups excluding carboxylic acids is 1. The smallest absolute Gasteiger partial charge is 0.251 e. The lowest BCUT2D eigenvalue weighted by Gasteiger charge is -2.21. The van der Waals surface area contributed by atoms with Crippen molar-refractivity contribution in [3.05, 3.63) is 23.9 Å². The van der Waals surface area contributed by atoms with E-state index >= 15 is 0 Å². The van der Waals surface area contributed by atoms with Crippen LogP contribution in [0.15, 0.2) is 18.3 Å². The maximum absolute atomic E-state index is 11.8.